The molecular weight excluding hydrogens is 255 g/mol. The van der Waals surface area contributed by atoms with Crippen LogP contribution < -0.4 is 5.32 Å². The highest BCUT2D eigenvalue weighted by Gasteiger charge is 2.19. The van der Waals surface area contributed by atoms with Gasteiger partial charge in [-0.15, -0.1) is 0 Å². The average molecular weight is 274 g/mol. The van der Waals surface area contributed by atoms with E-state index in [-0.39, 0.29) is 11.7 Å². The minimum Gasteiger partial charge on any atom is -0.352 e. The van der Waals surface area contributed by atoms with Crippen LogP contribution in [0.3, 0.4) is 0 Å². The van der Waals surface area contributed by atoms with Gasteiger partial charge in [-0.25, -0.2) is 4.39 Å². The summed E-state index contributed by atoms with van der Waals surface area (Å²) in [4.78, 5) is 12.3. The molecule has 0 aliphatic heterocycles. The molecule has 0 unspecified atom stereocenters. The van der Waals surface area contributed by atoms with Crippen molar-refractivity contribution < 1.29 is 9.18 Å². The lowest BCUT2D eigenvalue weighted by Gasteiger charge is -2.10. The molecule has 0 atom stereocenters. The summed E-state index contributed by atoms with van der Waals surface area (Å²) in [5, 5.41) is 3.37. The van der Waals surface area contributed by atoms with E-state index in [0.29, 0.717) is 23.4 Å². The Labute approximate surface area is 117 Å². The summed E-state index contributed by atoms with van der Waals surface area (Å²) < 4.78 is 15.8. The number of carbonyl (C=O) groups is 1. The SMILES string of the molecule is Cn1cc(C(=O)NCC2CCCC2)c2c(F)cccc21. The van der Waals surface area contributed by atoms with E-state index in [1.54, 1.807) is 16.8 Å². The first-order valence-electron chi connectivity index (χ1n) is 7.18. The summed E-state index contributed by atoms with van der Waals surface area (Å²) in [6.45, 7) is 0.698. The normalized spacial score (nSPS) is 15.9. The number of hydrogen-bond donors (Lipinski definition) is 1. The quantitative estimate of drug-likeness (QED) is 0.916. The lowest BCUT2D eigenvalue weighted by molar-refractivity contribution is 0.0948. The zero-order valence-corrected chi connectivity index (χ0v) is 11.7. The Bertz CT molecular complexity index is 641. The molecule has 0 radical (unpaired) electrons. The van der Waals surface area contributed by atoms with Gasteiger partial charge in [0.1, 0.15) is 5.82 Å². The monoisotopic (exact) mass is 274 g/mol. The van der Waals surface area contributed by atoms with Gasteiger partial charge in [0.2, 0.25) is 0 Å². The number of rotatable bonds is 3. The highest BCUT2D eigenvalue weighted by molar-refractivity contribution is 6.07. The van der Waals surface area contributed by atoms with Crippen molar-refractivity contribution in [2.75, 3.05) is 6.54 Å². The van der Waals surface area contributed by atoms with Gasteiger partial charge in [-0.2, -0.15) is 0 Å². The van der Waals surface area contributed by atoms with E-state index in [0.717, 1.165) is 5.52 Å². The standard InChI is InChI=1S/C16H19FN2O/c1-19-10-12(15-13(17)7-4-8-14(15)19)16(20)18-9-11-5-2-3-6-11/h4,7-8,10-11H,2-3,5-6,9H2,1H3,(H,18,20). The van der Waals surface area contributed by atoms with Crippen molar-refractivity contribution in [1.29, 1.82) is 0 Å². The molecule has 0 spiro atoms. The van der Waals surface area contributed by atoms with Crippen molar-refractivity contribution in [1.82, 2.24) is 9.88 Å². The number of nitrogens with one attached hydrogen (secondary N) is 1. The maximum absolute atomic E-state index is 14.0. The second-order valence-electron chi connectivity index (χ2n) is 5.65. The number of benzene rings is 1. The van der Waals surface area contributed by atoms with E-state index in [1.807, 2.05) is 13.1 Å². The van der Waals surface area contributed by atoms with Crippen LogP contribution in [0.4, 0.5) is 4.39 Å². The van der Waals surface area contributed by atoms with Crippen LogP contribution in [0.25, 0.3) is 10.9 Å². The number of fused-ring (bicyclic) bond motifs is 1. The molecule has 20 heavy (non-hydrogen) atoms. The number of hydrogen-bond acceptors (Lipinski definition) is 1. The molecule has 4 heteroatoms. The Balaban J connectivity index is 1.84. The molecular formula is C16H19FN2O. The van der Waals surface area contributed by atoms with E-state index in [2.05, 4.69) is 5.32 Å². The second-order valence-corrected chi connectivity index (χ2v) is 5.65. The second kappa shape index (κ2) is 5.27. The molecule has 1 amide bonds. The molecule has 0 saturated heterocycles. The lowest BCUT2D eigenvalue weighted by Crippen LogP contribution is -2.28. The van der Waals surface area contributed by atoms with Crippen molar-refractivity contribution in [3.63, 3.8) is 0 Å². The zero-order chi connectivity index (χ0) is 14.1. The fourth-order valence-corrected chi connectivity index (χ4v) is 3.12. The maximum atomic E-state index is 14.0. The van der Waals surface area contributed by atoms with Crippen LogP contribution in [-0.2, 0) is 7.05 Å². The van der Waals surface area contributed by atoms with Crippen molar-refractivity contribution in [3.8, 4) is 0 Å². The zero-order valence-electron chi connectivity index (χ0n) is 11.7. The minimum absolute atomic E-state index is 0.174. The van der Waals surface area contributed by atoms with Gasteiger partial charge < -0.3 is 9.88 Å². The number of aromatic nitrogens is 1. The van der Waals surface area contributed by atoms with Crippen LogP contribution in [0, 0.1) is 11.7 Å². The van der Waals surface area contributed by atoms with Crippen molar-refractivity contribution >= 4 is 16.8 Å². The highest BCUT2D eigenvalue weighted by atomic mass is 19.1. The van der Waals surface area contributed by atoms with Crippen LogP contribution >= 0.6 is 0 Å². The van der Waals surface area contributed by atoms with Gasteiger partial charge in [0.25, 0.3) is 5.91 Å². The van der Waals surface area contributed by atoms with Crippen LogP contribution in [0.2, 0.25) is 0 Å². The fraction of sp³-hybridized carbons (Fsp3) is 0.438. The summed E-state index contributed by atoms with van der Waals surface area (Å²) >= 11 is 0. The Morgan fingerprint density at radius 3 is 2.90 bits per heavy atom. The largest absolute Gasteiger partial charge is 0.352 e. The maximum Gasteiger partial charge on any atom is 0.253 e. The predicted octanol–water partition coefficient (Wildman–Crippen LogP) is 3.24. The lowest BCUT2D eigenvalue weighted by atomic mass is 10.1. The highest BCUT2D eigenvalue weighted by Crippen LogP contribution is 2.25. The van der Waals surface area contributed by atoms with Crippen molar-refractivity contribution in [2.24, 2.45) is 13.0 Å². The number of aryl methyl sites for hydroxylation is 1. The first-order valence-corrected chi connectivity index (χ1v) is 7.18. The van der Waals surface area contributed by atoms with Crippen molar-refractivity contribution in [3.05, 3.63) is 35.8 Å². The number of carbonyl (C=O) groups excluding carboxylic acids is 1. The molecule has 1 N–H and O–H groups in total. The first-order chi connectivity index (χ1) is 9.66. The van der Waals surface area contributed by atoms with Crippen LogP contribution in [0.5, 0.6) is 0 Å². The van der Waals surface area contributed by atoms with Crippen LogP contribution in [0.15, 0.2) is 24.4 Å². The Morgan fingerprint density at radius 1 is 1.40 bits per heavy atom. The molecule has 3 rings (SSSR count). The van der Waals surface area contributed by atoms with E-state index in [1.165, 1.54) is 31.7 Å². The molecule has 1 heterocycles. The number of halogens is 1. The molecule has 106 valence electrons. The topological polar surface area (TPSA) is 34.0 Å². The first kappa shape index (κ1) is 13.2. The van der Waals surface area contributed by atoms with Gasteiger partial charge in [0, 0.05) is 25.2 Å². The van der Waals surface area contributed by atoms with Crippen molar-refractivity contribution in [2.45, 2.75) is 25.7 Å². The molecule has 1 saturated carbocycles. The fourth-order valence-electron chi connectivity index (χ4n) is 3.12. The van der Waals surface area contributed by atoms with Gasteiger partial charge >= 0.3 is 0 Å². The molecule has 1 aliphatic carbocycles. The third kappa shape index (κ3) is 2.30. The minimum atomic E-state index is -0.339. The summed E-state index contributed by atoms with van der Waals surface area (Å²) in [7, 11) is 1.83. The summed E-state index contributed by atoms with van der Waals surface area (Å²) in [5.74, 6) is 0.0699. The number of nitrogens with zero attached hydrogens (tertiary/aromatic N) is 1. The van der Waals surface area contributed by atoms with E-state index >= 15 is 0 Å². The van der Waals surface area contributed by atoms with Gasteiger partial charge in [-0.1, -0.05) is 18.9 Å². The molecule has 1 aliphatic rings. The molecule has 1 fully saturated rings. The summed E-state index contributed by atoms with van der Waals surface area (Å²) in [6, 6.07) is 4.89. The van der Waals surface area contributed by atoms with E-state index < -0.39 is 0 Å². The summed E-state index contributed by atoms with van der Waals surface area (Å²) in [6.07, 6.45) is 6.58. The smallest absolute Gasteiger partial charge is 0.253 e. The Hall–Kier alpha value is -1.84. The summed E-state index contributed by atoms with van der Waals surface area (Å²) in [5.41, 5.74) is 1.18. The van der Waals surface area contributed by atoms with E-state index in [9.17, 15) is 9.18 Å². The molecule has 1 aromatic carbocycles. The van der Waals surface area contributed by atoms with Gasteiger partial charge in [0.05, 0.1) is 11.1 Å². The molecule has 3 nitrogen and oxygen atoms in total. The molecule has 2 aromatic rings. The van der Waals surface area contributed by atoms with Gasteiger partial charge in [-0.3, -0.25) is 4.79 Å². The Kier molecular flexibility index (Phi) is 3.47. The van der Waals surface area contributed by atoms with Gasteiger partial charge in [0.15, 0.2) is 0 Å². The number of amides is 1. The van der Waals surface area contributed by atoms with Crippen LogP contribution in [-0.4, -0.2) is 17.0 Å². The van der Waals surface area contributed by atoms with Gasteiger partial charge in [-0.05, 0) is 30.9 Å². The van der Waals surface area contributed by atoms with E-state index in [4.69, 9.17) is 0 Å². The molecule has 0 bridgehead atoms. The third-order valence-corrected chi connectivity index (χ3v) is 4.23. The Morgan fingerprint density at radius 2 is 2.15 bits per heavy atom. The predicted molar refractivity (Wildman–Crippen MR) is 77.2 cm³/mol. The third-order valence-electron chi connectivity index (χ3n) is 4.23. The average Bonchev–Trinajstić information content (AvgIpc) is 3.05. The van der Waals surface area contributed by atoms with Crippen LogP contribution in [0.1, 0.15) is 36.0 Å². The molecule has 1 aromatic heterocycles.